The van der Waals surface area contributed by atoms with Gasteiger partial charge in [-0.1, -0.05) is 51.4 Å². The van der Waals surface area contributed by atoms with E-state index in [2.05, 4.69) is 38.7 Å². The van der Waals surface area contributed by atoms with Crippen LogP contribution in [0.2, 0.25) is 5.02 Å². The number of aromatic nitrogens is 3. The van der Waals surface area contributed by atoms with E-state index in [1.54, 1.807) is 12.5 Å². The second kappa shape index (κ2) is 19.9. The molecule has 3 heterocycles. The first-order chi connectivity index (χ1) is 23.1. The van der Waals surface area contributed by atoms with Crippen LogP contribution in [-0.2, 0) is 16.6 Å². The number of piperazine rings is 1. The SMILES string of the molecule is CC.CC.CCOCC.Cn1cncc1C(NC=O)C1=Cc2cccnc2C(N2CCN(C(=O)NC(C)(C)C)CC2)c2ccc(Cl)cc21. The summed E-state index contributed by atoms with van der Waals surface area (Å²) in [6, 6.07) is 9.25. The number of aryl methyl sites for hydroxylation is 1. The zero-order valence-electron chi connectivity index (χ0n) is 30.5. The van der Waals surface area contributed by atoms with Crippen molar-refractivity contribution in [1.82, 2.24) is 35.0 Å². The number of nitrogens with one attached hydrogen (secondary N) is 2. The van der Waals surface area contributed by atoms with Crippen molar-refractivity contribution >= 4 is 35.7 Å². The Labute approximate surface area is 292 Å². The van der Waals surface area contributed by atoms with Crippen LogP contribution in [0.4, 0.5) is 4.79 Å². The van der Waals surface area contributed by atoms with E-state index in [4.69, 9.17) is 21.3 Å². The molecule has 3 amide bonds. The molecule has 2 atom stereocenters. The molecular formula is C37H56ClN7O3. The number of benzene rings is 1. The molecule has 2 aromatic heterocycles. The molecule has 1 aromatic carbocycles. The van der Waals surface area contributed by atoms with Crippen molar-refractivity contribution in [3.05, 3.63) is 82.2 Å². The first kappa shape index (κ1) is 40.4. The first-order valence-corrected chi connectivity index (χ1v) is 17.5. The number of rotatable bonds is 7. The summed E-state index contributed by atoms with van der Waals surface area (Å²) in [5.41, 5.74) is 5.36. The van der Waals surface area contributed by atoms with Crippen LogP contribution in [0, 0.1) is 0 Å². The Morgan fingerprint density at radius 1 is 1.08 bits per heavy atom. The minimum Gasteiger partial charge on any atom is -0.382 e. The van der Waals surface area contributed by atoms with E-state index >= 15 is 0 Å². The van der Waals surface area contributed by atoms with Gasteiger partial charge in [0, 0.05) is 63.2 Å². The van der Waals surface area contributed by atoms with Crippen molar-refractivity contribution in [3.8, 4) is 0 Å². The predicted octanol–water partition coefficient (Wildman–Crippen LogP) is 7.12. The van der Waals surface area contributed by atoms with E-state index in [1.807, 2.05) is 103 Å². The maximum atomic E-state index is 12.8. The van der Waals surface area contributed by atoms with E-state index in [-0.39, 0.29) is 17.6 Å². The third-order valence-corrected chi connectivity index (χ3v) is 7.85. The maximum Gasteiger partial charge on any atom is 0.317 e. The Hall–Kier alpha value is -3.73. The molecule has 11 heteroatoms. The molecule has 2 unspecified atom stereocenters. The quantitative estimate of drug-likeness (QED) is 0.258. The molecule has 0 radical (unpaired) electrons. The highest BCUT2D eigenvalue weighted by molar-refractivity contribution is 6.30. The van der Waals surface area contributed by atoms with Crippen LogP contribution in [-0.4, -0.2) is 81.7 Å². The van der Waals surface area contributed by atoms with Gasteiger partial charge in [-0.05, 0) is 81.2 Å². The van der Waals surface area contributed by atoms with Crippen LogP contribution >= 0.6 is 11.6 Å². The second-order valence-corrected chi connectivity index (χ2v) is 12.3. The van der Waals surface area contributed by atoms with Crippen LogP contribution in [0.5, 0.6) is 0 Å². The largest absolute Gasteiger partial charge is 0.382 e. The van der Waals surface area contributed by atoms with Gasteiger partial charge >= 0.3 is 6.03 Å². The lowest BCUT2D eigenvalue weighted by Crippen LogP contribution is -2.55. The van der Waals surface area contributed by atoms with Gasteiger partial charge in [-0.3, -0.25) is 14.7 Å². The van der Waals surface area contributed by atoms with Crippen LogP contribution in [0.15, 0.2) is 49.1 Å². The normalized spacial score (nSPS) is 16.0. The molecule has 1 saturated heterocycles. The number of pyridine rings is 1. The molecule has 0 saturated carbocycles. The Bertz CT molecular complexity index is 1460. The standard InChI is InChI=1S/C29H34ClN7O2.C4H10O.2C2H6/c1-29(2,3)34-28(39)37-12-10-36(11-13-37)27-21-8-7-20(30)15-22(21)23(14-19-6-5-9-32-25(19)27)26(33-18-38)24-16-31-17-35(24)4;1-3-5-4-2;2*1-2/h5-9,14-18,26-27H,10-13H2,1-4H3,(H,33,38)(H,34,39);3-4H2,1-2H3;2*1-2H3. The van der Waals surface area contributed by atoms with Gasteiger partial charge in [-0.25, -0.2) is 9.78 Å². The van der Waals surface area contributed by atoms with Crippen molar-refractivity contribution in [3.63, 3.8) is 0 Å². The van der Waals surface area contributed by atoms with Crippen molar-refractivity contribution in [2.24, 2.45) is 7.05 Å². The number of carbonyl (C=O) groups is 2. The van der Waals surface area contributed by atoms with Crippen LogP contribution in [0.3, 0.4) is 0 Å². The molecule has 3 aromatic rings. The monoisotopic (exact) mass is 681 g/mol. The molecule has 264 valence electrons. The Balaban J connectivity index is 0.000000803. The number of fused-ring (bicyclic) bond motifs is 2. The van der Waals surface area contributed by atoms with Crippen molar-refractivity contribution in [2.75, 3.05) is 39.4 Å². The van der Waals surface area contributed by atoms with Crippen molar-refractivity contribution in [2.45, 2.75) is 79.9 Å². The molecule has 2 aliphatic rings. The fourth-order valence-corrected chi connectivity index (χ4v) is 5.81. The minimum atomic E-state index is -0.447. The van der Waals surface area contributed by atoms with E-state index in [1.165, 1.54) is 0 Å². The number of ether oxygens (including phenoxy) is 1. The summed E-state index contributed by atoms with van der Waals surface area (Å²) >= 11 is 6.57. The molecule has 1 aliphatic carbocycles. The van der Waals surface area contributed by atoms with E-state index in [0.29, 0.717) is 31.2 Å². The summed E-state index contributed by atoms with van der Waals surface area (Å²) in [5, 5.41) is 6.68. The lowest BCUT2D eigenvalue weighted by molar-refractivity contribution is -0.109. The zero-order chi connectivity index (χ0) is 35.9. The van der Waals surface area contributed by atoms with Crippen LogP contribution < -0.4 is 10.6 Å². The molecule has 0 spiro atoms. The Morgan fingerprint density at radius 3 is 2.29 bits per heavy atom. The number of hydrogen-bond acceptors (Lipinski definition) is 6. The Morgan fingerprint density at radius 2 is 1.75 bits per heavy atom. The lowest BCUT2D eigenvalue weighted by Gasteiger charge is -2.40. The summed E-state index contributed by atoms with van der Waals surface area (Å²) in [6.07, 6.45) is 8.12. The summed E-state index contributed by atoms with van der Waals surface area (Å²) in [7, 11) is 1.91. The minimum absolute atomic E-state index is 0.0448. The first-order valence-electron chi connectivity index (χ1n) is 17.1. The molecular weight excluding hydrogens is 626 g/mol. The third kappa shape index (κ3) is 10.6. The highest BCUT2D eigenvalue weighted by atomic mass is 35.5. The molecule has 10 nitrogen and oxygen atoms in total. The van der Waals surface area contributed by atoms with E-state index < -0.39 is 6.04 Å². The average molecular weight is 682 g/mol. The molecule has 48 heavy (non-hydrogen) atoms. The number of hydrogen-bond donors (Lipinski definition) is 2. The number of imidazole rings is 1. The summed E-state index contributed by atoms with van der Waals surface area (Å²) in [6.45, 7) is 22.2. The topological polar surface area (TPSA) is 105 Å². The molecule has 2 N–H and O–H groups in total. The average Bonchev–Trinajstić information content (AvgIpc) is 3.45. The van der Waals surface area contributed by atoms with Crippen molar-refractivity contribution in [1.29, 1.82) is 0 Å². The zero-order valence-corrected chi connectivity index (χ0v) is 31.3. The van der Waals surface area contributed by atoms with Crippen molar-refractivity contribution < 1.29 is 14.3 Å². The van der Waals surface area contributed by atoms with Gasteiger partial charge in [-0.15, -0.1) is 0 Å². The van der Waals surface area contributed by atoms with Crippen LogP contribution in [0.25, 0.3) is 11.6 Å². The Kier molecular flexibility index (Phi) is 16.8. The summed E-state index contributed by atoms with van der Waals surface area (Å²) in [4.78, 5) is 38.0. The number of amides is 3. The van der Waals surface area contributed by atoms with Gasteiger partial charge in [0.1, 0.15) is 0 Å². The van der Waals surface area contributed by atoms with Gasteiger partial charge in [0.15, 0.2) is 0 Å². The highest BCUT2D eigenvalue weighted by Crippen LogP contribution is 2.44. The third-order valence-electron chi connectivity index (χ3n) is 7.61. The smallest absolute Gasteiger partial charge is 0.317 e. The molecule has 5 rings (SSSR count). The number of nitrogens with zero attached hydrogens (tertiary/aromatic N) is 5. The second-order valence-electron chi connectivity index (χ2n) is 11.8. The van der Waals surface area contributed by atoms with E-state index in [0.717, 1.165) is 53.3 Å². The number of urea groups is 1. The highest BCUT2D eigenvalue weighted by Gasteiger charge is 2.36. The van der Waals surface area contributed by atoms with Crippen LogP contribution in [0.1, 0.15) is 102 Å². The van der Waals surface area contributed by atoms with Gasteiger partial charge in [0.05, 0.1) is 36.0 Å². The molecule has 1 fully saturated rings. The number of carbonyl (C=O) groups excluding carboxylic acids is 2. The lowest BCUT2D eigenvalue weighted by atomic mass is 9.90. The fourth-order valence-electron chi connectivity index (χ4n) is 5.63. The van der Waals surface area contributed by atoms with Gasteiger partial charge in [0.25, 0.3) is 0 Å². The predicted molar refractivity (Wildman–Crippen MR) is 197 cm³/mol. The molecule has 0 bridgehead atoms. The number of halogens is 1. The molecule has 1 aliphatic heterocycles. The van der Waals surface area contributed by atoms with Gasteiger partial charge in [-0.2, -0.15) is 0 Å². The fraction of sp³-hybridized carbons (Fsp3) is 0.514. The van der Waals surface area contributed by atoms with E-state index in [9.17, 15) is 9.59 Å². The summed E-state index contributed by atoms with van der Waals surface area (Å²) in [5.74, 6) is 0. The maximum absolute atomic E-state index is 12.8. The van der Waals surface area contributed by atoms with Gasteiger partial charge < -0.3 is 24.8 Å². The summed E-state index contributed by atoms with van der Waals surface area (Å²) < 4.78 is 6.74. The van der Waals surface area contributed by atoms with Gasteiger partial charge in [0.2, 0.25) is 6.41 Å².